The Kier molecular flexibility index (Phi) is 40.5. The number of hydrogen-bond acceptors (Lipinski definition) is 7. The molecule has 0 N–H and O–H groups in total. The lowest BCUT2D eigenvalue weighted by molar-refractivity contribution is -0.870. The lowest BCUT2D eigenvalue weighted by Gasteiger charge is -2.28. The zero-order valence-electron chi connectivity index (χ0n) is 38.0. The molecule has 2 unspecified atom stereocenters. The van der Waals surface area contributed by atoms with Crippen molar-refractivity contribution < 1.29 is 37.3 Å². The summed E-state index contributed by atoms with van der Waals surface area (Å²) in [7, 11) is 1.35. The highest BCUT2D eigenvalue weighted by Gasteiger charge is 2.20. The minimum atomic E-state index is -4.53. The number of esters is 1. The molecular weight excluding hydrogens is 734 g/mol. The molecule has 0 aromatic carbocycles. The van der Waals surface area contributed by atoms with Crippen molar-refractivity contribution in [2.24, 2.45) is 0 Å². The van der Waals surface area contributed by atoms with Gasteiger partial charge in [-0.05, 0) is 70.6 Å². The topological polar surface area (TPSA) is 94.1 Å². The Morgan fingerprint density at radius 1 is 0.544 bits per heavy atom. The molecule has 0 aliphatic rings. The summed E-state index contributed by atoms with van der Waals surface area (Å²) in [6, 6.07) is 0. The van der Waals surface area contributed by atoms with Crippen LogP contribution in [0.15, 0.2) is 36.5 Å². The largest absolute Gasteiger partial charge is 0.756 e. The van der Waals surface area contributed by atoms with Crippen LogP contribution in [-0.4, -0.2) is 70.7 Å². The highest BCUT2D eigenvalue weighted by molar-refractivity contribution is 7.45. The Morgan fingerprint density at radius 2 is 0.965 bits per heavy atom. The van der Waals surface area contributed by atoms with Crippen molar-refractivity contribution in [1.29, 1.82) is 0 Å². The van der Waals surface area contributed by atoms with Crippen LogP contribution in [0.5, 0.6) is 0 Å². The molecule has 2 atom stereocenters. The van der Waals surface area contributed by atoms with Gasteiger partial charge >= 0.3 is 5.97 Å². The summed E-state index contributed by atoms with van der Waals surface area (Å²) in [4.78, 5) is 25.1. The zero-order valence-corrected chi connectivity index (χ0v) is 38.9. The van der Waals surface area contributed by atoms with E-state index in [0.717, 1.165) is 51.4 Å². The molecule has 0 spiro atoms. The number of likely N-dealkylation sites (N-methyl/N-ethyl adjacent to an activating group) is 1. The monoisotopic (exact) mass is 826 g/mol. The van der Waals surface area contributed by atoms with Crippen molar-refractivity contribution in [3.05, 3.63) is 36.5 Å². The number of rotatable bonds is 44. The summed E-state index contributed by atoms with van der Waals surface area (Å²) in [5.41, 5.74) is 0. The Labute approximate surface area is 353 Å². The van der Waals surface area contributed by atoms with E-state index in [0.29, 0.717) is 24.1 Å². The van der Waals surface area contributed by atoms with Crippen LogP contribution < -0.4 is 4.89 Å². The van der Waals surface area contributed by atoms with Crippen molar-refractivity contribution in [2.75, 3.05) is 54.1 Å². The molecule has 57 heavy (non-hydrogen) atoms. The predicted molar refractivity (Wildman–Crippen MR) is 240 cm³/mol. The van der Waals surface area contributed by atoms with Crippen LogP contribution in [0.1, 0.15) is 206 Å². The van der Waals surface area contributed by atoms with E-state index >= 15 is 0 Å². The maximum atomic E-state index is 12.7. The molecule has 0 aromatic heterocycles. The SMILES string of the molecule is CCCCC/C=C\C/C=C\CCCCCCCCOCC(COP(=O)([O-])OCC[N+](C)(C)C)OC(=O)CCCCCCCCCCC/C=C\CCCCCCCC. The second-order valence-corrected chi connectivity index (χ2v) is 18.5. The van der Waals surface area contributed by atoms with Crippen LogP contribution in [0, 0.1) is 0 Å². The minimum absolute atomic E-state index is 0.0236. The average molecular weight is 826 g/mol. The second kappa shape index (κ2) is 41.5. The lowest BCUT2D eigenvalue weighted by atomic mass is 10.1. The summed E-state index contributed by atoms with van der Waals surface area (Å²) >= 11 is 0. The first kappa shape index (κ1) is 55.7. The normalized spacial score (nSPS) is 14.0. The summed E-state index contributed by atoms with van der Waals surface area (Å²) in [6.45, 7) is 5.37. The standard InChI is InChI=1S/C48H92NO7P/c1-6-8-10-12-14-16-18-20-22-24-25-26-27-29-31-33-35-37-39-41-48(50)56-47(46-55-57(51,52)54-44-42-49(3,4)5)45-53-43-40-38-36-34-32-30-28-23-21-19-17-15-13-11-9-7-2/h15,17,20-23,47H,6-14,16,18-19,24-46H2,1-5H3/b17-15-,22-20-,23-21-. The number of hydrogen-bond donors (Lipinski definition) is 0. The zero-order chi connectivity index (χ0) is 42.0. The van der Waals surface area contributed by atoms with Crippen LogP contribution in [-0.2, 0) is 27.9 Å². The number of allylic oxidation sites excluding steroid dienone is 6. The lowest BCUT2D eigenvalue weighted by Crippen LogP contribution is -2.37. The van der Waals surface area contributed by atoms with Crippen LogP contribution in [0.3, 0.4) is 0 Å². The molecule has 8 nitrogen and oxygen atoms in total. The molecular formula is C48H92NO7P. The number of ether oxygens (including phenoxy) is 2. The third-order valence-electron chi connectivity index (χ3n) is 10.2. The summed E-state index contributed by atoms with van der Waals surface area (Å²) < 4.78 is 34.6. The summed E-state index contributed by atoms with van der Waals surface area (Å²) in [6.07, 6.45) is 48.7. The van der Waals surface area contributed by atoms with Crippen molar-refractivity contribution in [3.8, 4) is 0 Å². The van der Waals surface area contributed by atoms with Gasteiger partial charge in [0, 0.05) is 13.0 Å². The first-order chi connectivity index (χ1) is 27.6. The van der Waals surface area contributed by atoms with E-state index in [1.165, 1.54) is 135 Å². The molecule has 336 valence electrons. The third kappa shape index (κ3) is 45.7. The summed E-state index contributed by atoms with van der Waals surface area (Å²) in [5.74, 6) is -0.339. The van der Waals surface area contributed by atoms with E-state index < -0.39 is 13.9 Å². The Morgan fingerprint density at radius 3 is 1.47 bits per heavy atom. The van der Waals surface area contributed by atoms with Crippen molar-refractivity contribution in [2.45, 2.75) is 213 Å². The Bertz CT molecular complexity index is 1010. The number of quaternary nitrogens is 1. The van der Waals surface area contributed by atoms with E-state index in [9.17, 15) is 14.3 Å². The molecule has 0 saturated carbocycles. The average Bonchev–Trinajstić information content (AvgIpc) is 3.16. The van der Waals surface area contributed by atoms with Crippen LogP contribution >= 0.6 is 7.82 Å². The highest BCUT2D eigenvalue weighted by atomic mass is 31.2. The number of carbonyl (C=O) groups is 1. The summed E-state index contributed by atoms with van der Waals surface area (Å²) in [5, 5.41) is 0. The molecule has 0 rings (SSSR count). The van der Waals surface area contributed by atoms with Gasteiger partial charge in [-0.25, -0.2) is 0 Å². The number of nitrogens with zero attached hydrogens (tertiary/aromatic N) is 1. The van der Waals surface area contributed by atoms with Gasteiger partial charge in [0.05, 0.1) is 34.4 Å². The van der Waals surface area contributed by atoms with Gasteiger partial charge in [0.1, 0.15) is 19.3 Å². The van der Waals surface area contributed by atoms with Crippen LogP contribution in [0.25, 0.3) is 0 Å². The molecule has 0 fully saturated rings. The highest BCUT2D eigenvalue weighted by Crippen LogP contribution is 2.38. The maximum Gasteiger partial charge on any atom is 0.306 e. The maximum absolute atomic E-state index is 12.7. The molecule has 9 heteroatoms. The van der Waals surface area contributed by atoms with E-state index in [2.05, 4.69) is 50.3 Å². The fourth-order valence-electron chi connectivity index (χ4n) is 6.45. The van der Waals surface area contributed by atoms with Crippen molar-refractivity contribution in [1.82, 2.24) is 0 Å². The van der Waals surface area contributed by atoms with Gasteiger partial charge in [0.15, 0.2) is 0 Å². The van der Waals surface area contributed by atoms with Gasteiger partial charge in [-0.3, -0.25) is 9.36 Å². The molecule has 0 aliphatic heterocycles. The van der Waals surface area contributed by atoms with Crippen molar-refractivity contribution >= 4 is 13.8 Å². The van der Waals surface area contributed by atoms with Gasteiger partial charge in [-0.1, -0.05) is 166 Å². The smallest absolute Gasteiger partial charge is 0.306 e. The van der Waals surface area contributed by atoms with E-state index in [-0.39, 0.29) is 25.8 Å². The van der Waals surface area contributed by atoms with Gasteiger partial charge in [-0.15, -0.1) is 0 Å². The Hall–Kier alpha value is -1.28. The first-order valence-electron chi connectivity index (χ1n) is 23.7. The fraction of sp³-hybridized carbons (Fsp3) is 0.854. The number of carbonyl (C=O) groups excluding carboxylic acids is 1. The molecule has 0 aromatic rings. The van der Waals surface area contributed by atoms with Gasteiger partial charge in [0.2, 0.25) is 0 Å². The Balaban J connectivity index is 4.20. The molecule has 0 amide bonds. The molecule has 0 radical (unpaired) electrons. The molecule has 0 aliphatic carbocycles. The number of unbranched alkanes of at least 4 members (excludes halogenated alkanes) is 24. The fourth-order valence-corrected chi connectivity index (χ4v) is 7.18. The predicted octanol–water partition coefficient (Wildman–Crippen LogP) is 13.5. The van der Waals surface area contributed by atoms with Gasteiger partial charge in [0.25, 0.3) is 7.82 Å². The first-order valence-corrected chi connectivity index (χ1v) is 25.2. The number of phosphoric ester groups is 1. The third-order valence-corrected chi connectivity index (χ3v) is 11.1. The van der Waals surface area contributed by atoms with Gasteiger partial charge in [-0.2, -0.15) is 0 Å². The quantitative estimate of drug-likeness (QED) is 0.0198. The van der Waals surface area contributed by atoms with Crippen LogP contribution in [0.4, 0.5) is 0 Å². The van der Waals surface area contributed by atoms with E-state index in [1.807, 2.05) is 21.1 Å². The van der Waals surface area contributed by atoms with E-state index in [1.54, 1.807) is 0 Å². The number of phosphoric acid groups is 1. The molecule has 0 heterocycles. The molecule has 0 saturated heterocycles. The van der Waals surface area contributed by atoms with Gasteiger partial charge < -0.3 is 27.9 Å². The molecule has 0 bridgehead atoms. The minimum Gasteiger partial charge on any atom is -0.756 e. The van der Waals surface area contributed by atoms with Crippen LogP contribution in [0.2, 0.25) is 0 Å². The second-order valence-electron chi connectivity index (χ2n) is 17.1. The van der Waals surface area contributed by atoms with Crippen molar-refractivity contribution in [3.63, 3.8) is 0 Å². The van der Waals surface area contributed by atoms with E-state index in [4.69, 9.17) is 18.5 Å².